The van der Waals surface area contributed by atoms with Crippen molar-refractivity contribution in [2.24, 2.45) is 0 Å². The molecule has 74 valence electrons. The van der Waals surface area contributed by atoms with Crippen molar-refractivity contribution in [3.05, 3.63) is 35.4 Å². The number of thiocarbonyl (C=S) groups is 1. The number of fused-ring (bicyclic) bond motifs is 1. The summed E-state index contributed by atoms with van der Waals surface area (Å²) in [6.45, 7) is 0. The minimum absolute atomic E-state index is 0.134. The highest BCUT2D eigenvalue weighted by Crippen LogP contribution is 2.23. The van der Waals surface area contributed by atoms with Gasteiger partial charge in [-0.1, -0.05) is 24.3 Å². The van der Waals surface area contributed by atoms with Gasteiger partial charge in [-0.05, 0) is 47.8 Å². The summed E-state index contributed by atoms with van der Waals surface area (Å²) in [4.78, 5) is 0. The van der Waals surface area contributed by atoms with Crippen LogP contribution in [0.1, 0.15) is 17.5 Å². The summed E-state index contributed by atoms with van der Waals surface area (Å²) in [6, 6.07) is 8.44. The topological polar surface area (TPSA) is 9.23 Å². The highest BCUT2D eigenvalue weighted by atomic mass is 35.5. The Morgan fingerprint density at radius 2 is 2.07 bits per heavy atom. The first-order chi connectivity index (χ1) is 6.75. The van der Waals surface area contributed by atoms with Gasteiger partial charge in [-0.2, -0.15) is 0 Å². The zero-order valence-corrected chi connectivity index (χ0v) is 9.27. The smallest absolute Gasteiger partial charge is 0.255 e. The van der Waals surface area contributed by atoms with E-state index in [0.29, 0.717) is 0 Å². The Labute approximate surface area is 94.0 Å². The highest BCUT2D eigenvalue weighted by Gasteiger charge is 2.19. The summed E-state index contributed by atoms with van der Waals surface area (Å²) in [5.41, 5.74) is 2.78. The highest BCUT2D eigenvalue weighted by molar-refractivity contribution is 7.82. The first-order valence-electron chi connectivity index (χ1n) is 4.68. The van der Waals surface area contributed by atoms with Crippen molar-refractivity contribution < 1.29 is 4.74 Å². The number of ether oxygens (including phenoxy) is 1. The summed E-state index contributed by atoms with van der Waals surface area (Å²) >= 11 is 10.3. The first-order valence-corrected chi connectivity index (χ1v) is 5.47. The van der Waals surface area contributed by atoms with Gasteiger partial charge in [0, 0.05) is 6.42 Å². The Morgan fingerprint density at radius 3 is 2.79 bits per heavy atom. The predicted octanol–water partition coefficient (Wildman–Crippen LogP) is 3.08. The van der Waals surface area contributed by atoms with E-state index in [4.69, 9.17) is 28.6 Å². The minimum atomic E-state index is 0.134. The van der Waals surface area contributed by atoms with Crippen LogP contribution in [0, 0.1) is 0 Å². The number of aryl methyl sites for hydroxylation is 1. The second-order valence-electron chi connectivity index (χ2n) is 3.49. The van der Waals surface area contributed by atoms with Crippen molar-refractivity contribution in [1.82, 2.24) is 0 Å². The molecule has 0 bridgehead atoms. The van der Waals surface area contributed by atoms with Gasteiger partial charge in [0.1, 0.15) is 6.10 Å². The van der Waals surface area contributed by atoms with Crippen molar-refractivity contribution in [3.8, 4) is 0 Å². The predicted molar refractivity (Wildman–Crippen MR) is 61.8 cm³/mol. The van der Waals surface area contributed by atoms with E-state index < -0.39 is 0 Å². The molecule has 0 spiro atoms. The van der Waals surface area contributed by atoms with Crippen LogP contribution >= 0.6 is 23.8 Å². The molecule has 1 atom stereocenters. The van der Waals surface area contributed by atoms with Crippen LogP contribution in [0.2, 0.25) is 0 Å². The molecule has 0 heterocycles. The zero-order chi connectivity index (χ0) is 9.97. The van der Waals surface area contributed by atoms with Crippen molar-refractivity contribution in [1.29, 1.82) is 0 Å². The van der Waals surface area contributed by atoms with E-state index in [1.807, 2.05) is 0 Å². The summed E-state index contributed by atoms with van der Waals surface area (Å²) in [5.74, 6) is 0. The number of hydrogen-bond acceptors (Lipinski definition) is 2. The standard InChI is InChI=1S/C11H11ClOS/c12-11(14)13-10-6-5-8-3-1-2-4-9(8)7-10/h1-4,10H,5-7H2. The van der Waals surface area contributed by atoms with E-state index in [1.54, 1.807) is 0 Å². The molecule has 0 aliphatic heterocycles. The van der Waals surface area contributed by atoms with Gasteiger partial charge in [-0.3, -0.25) is 0 Å². The molecule has 1 aliphatic carbocycles. The Hall–Kier alpha value is -0.600. The lowest BCUT2D eigenvalue weighted by molar-refractivity contribution is 0.182. The number of rotatable bonds is 1. The molecule has 1 aliphatic rings. The van der Waals surface area contributed by atoms with Crippen LogP contribution in [-0.4, -0.2) is 10.6 Å². The minimum Gasteiger partial charge on any atom is -0.471 e. The van der Waals surface area contributed by atoms with Gasteiger partial charge in [0.15, 0.2) is 0 Å². The molecule has 0 amide bonds. The van der Waals surface area contributed by atoms with Crippen LogP contribution in [0.15, 0.2) is 24.3 Å². The van der Waals surface area contributed by atoms with Gasteiger partial charge in [0.2, 0.25) is 0 Å². The van der Waals surface area contributed by atoms with Crippen LogP contribution in [0.3, 0.4) is 0 Å². The molecule has 14 heavy (non-hydrogen) atoms. The van der Waals surface area contributed by atoms with Gasteiger partial charge < -0.3 is 4.74 Å². The molecule has 0 radical (unpaired) electrons. The van der Waals surface area contributed by atoms with E-state index in [-0.39, 0.29) is 10.6 Å². The van der Waals surface area contributed by atoms with Gasteiger partial charge in [0.25, 0.3) is 4.51 Å². The van der Waals surface area contributed by atoms with Gasteiger partial charge in [-0.25, -0.2) is 0 Å². The lowest BCUT2D eigenvalue weighted by Crippen LogP contribution is -2.23. The van der Waals surface area contributed by atoms with Crippen molar-refractivity contribution in [2.75, 3.05) is 0 Å². The van der Waals surface area contributed by atoms with Crippen LogP contribution in [0.5, 0.6) is 0 Å². The van der Waals surface area contributed by atoms with E-state index in [9.17, 15) is 0 Å². The molecule has 2 rings (SSSR count). The maximum Gasteiger partial charge on any atom is 0.255 e. The average molecular weight is 227 g/mol. The van der Waals surface area contributed by atoms with Crippen molar-refractivity contribution >= 4 is 28.3 Å². The molecular weight excluding hydrogens is 216 g/mol. The molecule has 0 saturated carbocycles. The van der Waals surface area contributed by atoms with Crippen molar-refractivity contribution in [3.63, 3.8) is 0 Å². The third kappa shape index (κ3) is 2.25. The first kappa shape index (κ1) is 9.94. The van der Waals surface area contributed by atoms with Crippen LogP contribution in [-0.2, 0) is 17.6 Å². The average Bonchev–Trinajstić information content (AvgIpc) is 2.17. The molecule has 1 aromatic carbocycles. The second-order valence-corrected chi connectivity index (χ2v) is 4.43. The largest absolute Gasteiger partial charge is 0.471 e. The monoisotopic (exact) mass is 226 g/mol. The molecular formula is C11H11ClOS. The van der Waals surface area contributed by atoms with Gasteiger partial charge in [-0.15, -0.1) is 0 Å². The molecule has 0 saturated heterocycles. The zero-order valence-electron chi connectivity index (χ0n) is 7.70. The summed E-state index contributed by atoms with van der Waals surface area (Å²) < 4.78 is 5.48. The molecule has 0 fully saturated rings. The van der Waals surface area contributed by atoms with Crippen LogP contribution < -0.4 is 0 Å². The third-order valence-electron chi connectivity index (χ3n) is 2.56. The Morgan fingerprint density at radius 1 is 1.36 bits per heavy atom. The third-order valence-corrected chi connectivity index (χ3v) is 2.75. The summed E-state index contributed by atoms with van der Waals surface area (Å²) in [6.07, 6.45) is 3.14. The molecule has 0 aromatic heterocycles. The van der Waals surface area contributed by atoms with E-state index in [0.717, 1.165) is 19.3 Å². The normalized spacial score (nSPS) is 19.9. The SMILES string of the molecule is S=C(Cl)OC1CCc2ccccc2C1. The summed E-state index contributed by atoms with van der Waals surface area (Å²) in [7, 11) is 0. The van der Waals surface area contributed by atoms with Gasteiger partial charge in [0.05, 0.1) is 0 Å². The maximum atomic E-state index is 5.55. The fraction of sp³-hybridized carbons (Fsp3) is 0.364. The molecule has 1 unspecified atom stereocenters. The number of benzene rings is 1. The van der Waals surface area contributed by atoms with E-state index >= 15 is 0 Å². The lowest BCUT2D eigenvalue weighted by atomic mass is 9.90. The Balaban J connectivity index is 2.09. The molecule has 1 aromatic rings. The van der Waals surface area contributed by atoms with Crippen molar-refractivity contribution in [2.45, 2.75) is 25.4 Å². The quantitative estimate of drug-likeness (QED) is 0.538. The van der Waals surface area contributed by atoms with Crippen LogP contribution in [0.4, 0.5) is 0 Å². The number of hydrogen-bond donors (Lipinski definition) is 0. The van der Waals surface area contributed by atoms with Crippen LogP contribution in [0.25, 0.3) is 0 Å². The molecule has 1 nitrogen and oxygen atoms in total. The second kappa shape index (κ2) is 4.28. The Kier molecular flexibility index (Phi) is 3.04. The van der Waals surface area contributed by atoms with E-state index in [1.165, 1.54) is 11.1 Å². The molecule has 3 heteroatoms. The number of halogens is 1. The Bertz CT molecular complexity index is 351. The fourth-order valence-corrected chi connectivity index (χ4v) is 2.16. The van der Waals surface area contributed by atoms with Gasteiger partial charge >= 0.3 is 0 Å². The molecule has 0 N–H and O–H groups in total. The van der Waals surface area contributed by atoms with E-state index in [2.05, 4.69) is 24.3 Å². The summed E-state index contributed by atoms with van der Waals surface area (Å²) in [5, 5.41) is 0. The fourth-order valence-electron chi connectivity index (χ4n) is 1.90. The lowest BCUT2D eigenvalue weighted by Gasteiger charge is -2.24. The maximum absolute atomic E-state index is 5.55.